The molecule has 0 atom stereocenters. The van der Waals surface area contributed by atoms with Gasteiger partial charge in [0.25, 0.3) is 5.91 Å². The van der Waals surface area contributed by atoms with Crippen molar-refractivity contribution >= 4 is 28.9 Å². The molecule has 0 saturated carbocycles. The zero-order valence-corrected chi connectivity index (χ0v) is 11.2. The number of carbonyl (C=O) groups excluding carboxylic acids is 1. The van der Waals surface area contributed by atoms with E-state index in [0.29, 0.717) is 16.4 Å². The molecule has 0 fully saturated rings. The lowest BCUT2D eigenvalue weighted by molar-refractivity contribution is -0.118. The van der Waals surface area contributed by atoms with E-state index in [-0.39, 0.29) is 12.4 Å². The summed E-state index contributed by atoms with van der Waals surface area (Å²) >= 11 is 5.92. The normalized spacial score (nSPS) is 10.1. The molecule has 3 N–H and O–H groups in total. The van der Waals surface area contributed by atoms with Gasteiger partial charge in [0.1, 0.15) is 11.6 Å². The molecule has 4 nitrogen and oxygen atoms in total. The third-order valence-corrected chi connectivity index (χ3v) is 2.76. The monoisotopic (exact) mass is 294 g/mol. The van der Waals surface area contributed by atoms with Crippen molar-refractivity contribution in [3.8, 4) is 5.75 Å². The topological polar surface area (TPSA) is 64.3 Å². The van der Waals surface area contributed by atoms with Crippen molar-refractivity contribution in [3.63, 3.8) is 0 Å². The van der Waals surface area contributed by atoms with Crippen LogP contribution in [0.25, 0.3) is 0 Å². The number of benzene rings is 2. The first-order valence-corrected chi connectivity index (χ1v) is 6.15. The fraction of sp³-hybridized carbons (Fsp3) is 0.0714. The van der Waals surface area contributed by atoms with Gasteiger partial charge >= 0.3 is 0 Å². The Morgan fingerprint density at radius 3 is 2.85 bits per heavy atom. The predicted octanol–water partition coefficient (Wildman–Crippen LogP) is 3.08. The van der Waals surface area contributed by atoms with Crippen LogP contribution in [-0.4, -0.2) is 12.5 Å². The molecule has 0 unspecified atom stereocenters. The Morgan fingerprint density at radius 2 is 2.10 bits per heavy atom. The highest BCUT2D eigenvalue weighted by molar-refractivity contribution is 6.33. The van der Waals surface area contributed by atoms with Crippen molar-refractivity contribution in [2.45, 2.75) is 0 Å². The largest absolute Gasteiger partial charge is 0.484 e. The number of hydrogen-bond donors (Lipinski definition) is 2. The highest BCUT2D eigenvalue weighted by Crippen LogP contribution is 2.24. The van der Waals surface area contributed by atoms with Crippen LogP contribution in [0.2, 0.25) is 5.02 Å². The lowest BCUT2D eigenvalue weighted by Gasteiger charge is -2.09. The molecule has 1 amide bonds. The Hall–Kier alpha value is -2.27. The molecule has 0 aromatic heterocycles. The van der Waals surface area contributed by atoms with Crippen molar-refractivity contribution in [2.75, 3.05) is 17.7 Å². The highest BCUT2D eigenvalue weighted by Gasteiger charge is 2.07. The molecule has 0 aliphatic heterocycles. The van der Waals surface area contributed by atoms with Crippen LogP contribution in [0, 0.1) is 5.82 Å². The summed E-state index contributed by atoms with van der Waals surface area (Å²) in [6.45, 7) is -0.255. The predicted molar refractivity (Wildman–Crippen MR) is 76.4 cm³/mol. The van der Waals surface area contributed by atoms with Crippen molar-refractivity contribution in [3.05, 3.63) is 53.3 Å². The van der Waals surface area contributed by atoms with Gasteiger partial charge in [-0.1, -0.05) is 17.7 Å². The molecule has 0 bridgehead atoms. The summed E-state index contributed by atoms with van der Waals surface area (Å²) < 4.78 is 18.1. The quantitative estimate of drug-likeness (QED) is 0.852. The van der Waals surface area contributed by atoms with Gasteiger partial charge in [0.15, 0.2) is 6.61 Å². The number of nitrogen functional groups attached to an aromatic ring is 1. The van der Waals surface area contributed by atoms with Crippen LogP contribution >= 0.6 is 11.6 Å². The van der Waals surface area contributed by atoms with Gasteiger partial charge in [-0.3, -0.25) is 4.79 Å². The van der Waals surface area contributed by atoms with Crippen LogP contribution in [0.3, 0.4) is 0 Å². The standard InChI is InChI=1S/C14H12ClFN2O2/c15-12-5-4-10(17)7-13(12)18-14(19)8-20-11-3-1-2-9(16)6-11/h1-7H,8,17H2,(H,18,19). The van der Waals surface area contributed by atoms with Crippen LogP contribution < -0.4 is 15.8 Å². The average molecular weight is 295 g/mol. The summed E-state index contributed by atoms with van der Waals surface area (Å²) in [4.78, 5) is 11.7. The summed E-state index contributed by atoms with van der Waals surface area (Å²) in [5, 5.41) is 2.94. The summed E-state index contributed by atoms with van der Waals surface area (Å²) in [5.41, 5.74) is 6.49. The van der Waals surface area contributed by atoms with Gasteiger partial charge in [-0.15, -0.1) is 0 Å². The van der Waals surface area contributed by atoms with E-state index in [9.17, 15) is 9.18 Å². The van der Waals surface area contributed by atoms with E-state index in [1.54, 1.807) is 24.3 Å². The minimum Gasteiger partial charge on any atom is -0.484 e. The molecule has 2 aromatic carbocycles. The minimum atomic E-state index is -0.429. The number of hydrogen-bond acceptors (Lipinski definition) is 3. The third-order valence-electron chi connectivity index (χ3n) is 2.43. The first-order chi connectivity index (χ1) is 9.54. The highest BCUT2D eigenvalue weighted by atomic mass is 35.5. The second kappa shape index (κ2) is 6.25. The Balaban J connectivity index is 1.94. The van der Waals surface area contributed by atoms with Gasteiger partial charge in [-0.2, -0.15) is 0 Å². The van der Waals surface area contributed by atoms with E-state index in [4.69, 9.17) is 22.1 Å². The summed E-state index contributed by atoms with van der Waals surface area (Å²) in [7, 11) is 0. The maximum Gasteiger partial charge on any atom is 0.262 e. The van der Waals surface area contributed by atoms with Crippen LogP contribution in [0.4, 0.5) is 15.8 Å². The van der Waals surface area contributed by atoms with E-state index in [1.807, 2.05) is 0 Å². The number of nitrogens with one attached hydrogen (secondary N) is 1. The smallest absolute Gasteiger partial charge is 0.262 e. The molecule has 2 aromatic rings. The Kier molecular flexibility index (Phi) is 4.42. The lowest BCUT2D eigenvalue weighted by Crippen LogP contribution is -2.20. The van der Waals surface area contributed by atoms with Crippen molar-refractivity contribution in [1.82, 2.24) is 0 Å². The second-order valence-corrected chi connectivity index (χ2v) is 4.44. The molecule has 0 radical (unpaired) electrons. The fourth-order valence-corrected chi connectivity index (χ4v) is 1.70. The average Bonchev–Trinajstić information content (AvgIpc) is 2.41. The van der Waals surface area contributed by atoms with Crippen molar-refractivity contribution < 1.29 is 13.9 Å². The number of nitrogens with two attached hydrogens (primary N) is 1. The van der Waals surface area contributed by atoms with Gasteiger partial charge in [-0.25, -0.2) is 4.39 Å². The van der Waals surface area contributed by atoms with Gasteiger partial charge in [0, 0.05) is 11.8 Å². The molecular weight excluding hydrogens is 283 g/mol. The SMILES string of the molecule is Nc1ccc(Cl)c(NC(=O)COc2cccc(F)c2)c1. The van der Waals surface area contributed by atoms with Crippen LogP contribution in [0.1, 0.15) is 0 Å². The van der Waals surface area contributed by atoms with E-state index < -0.39 is 11.7 Å². The minimum absolute atomic E-state index is 0.255. The molecule has 0 aliphatic carbocycles. The van der Waals surface area contributed by atoms with Gasteiger partial charge in [-0.05, 0) is 30.3 Å². The van der Waals surface area contributed by atoms with E-state index in [2.05, 4.69) is 5.32 Å². The van der Waals surface area contributed by atoms with E-state index in [1.165, 1.54) is 18.2 Å². The van der Waals surface area contributed by atoms with Crippen molar-refractivity contribution in [2.24, 2.45) is 0 Å². The molecule has 0 heterocycles. The van der Waals surface area contributed by atoms with Crippen LogP contribution in [0.15, 0.2) is 42.5 Å². The third kappa shape index (κ3) is 3.86. The summed E-state index contributed by atoms with van der Waals surface area (Å²) in [5.74, 6) is -0.567. The number of anilines is 2. The molecule has 20 heavy (non-hydrogen) atoms. The number of amides is 1. The van der Waals surface area contributed by atoms with Gasteiger partial charge < -0.3 is 15.8 Å². The molecule has 6 heteroatoms. The first-order valence-electron chi connectivity index (χ1n) is 5.78. The summed E-state index contributed by atoms with van der Waals surface area (Å²) in [6.07, 6.45) is 0. The molecule has 104 valence electrons. The maximum absolute atomic E-state index is 12.9. The van der Waals surface area contributed by atoms with E-state index in [0.717, 1.165) is 0 Å². The maximum atomic E-state index is 12.9. The first kappa shape index (κ1) is 14.1. The zero-order chi connectivity index (χ0) is 14.5. The molecule has 0 saturated heterocycles. The summed E-state index contributed by atoms with van der Waals surface area (Å²) in [6, 6.07) is 10.3. The number of halogens is 2. The van der Waals surface area contributed by atoms with Gasteiger partial charge in [0.05, 0.1) is 10.7 Å². The Morgan fingerprint density at radius 1 is 1.30 bits per heavy atom. The Labute approximate surface area is 120 Å². The van der Waals surface area contributed by atoms with Gasteiger partial charge in [0.2, 0.25) is 0 Å². The van der Waals surface area contributed by atoms with Crippen molar-refractivity contribution in [1.29, 1.82) is 0 Å². The fourth-order valence-electron chi connectivity index (χ4n) is 1.53. The molecule has 0 aliphatic rings. The molecule has 2 rings (SSSR count). The second-order valence-electron chi connectivity index (χ2n) is 4.03. The number of ether oxygens (including phenoxy) is 1. The number of rotatable bonds is 4. The van der Waals surface area contributed by atoms with Crippen LogP contribution in [0.5, 0.6) is 5.75 Å². The van der Waals surface area contributed by atoms with Crippen LogP contribution in [-0.2, 0) is 4.79 Å². The molecular formula is C14H12ClFN2O2. The Bertz CT molecular complexity index is 634. The zero-order valence-electron chi connectivity index (χ0n) is 10.4. The number of carbonyl (C=O) groups is 1. The molecule has 0 spiro atoms. The lowest BCUT2D eigenvalue weighted by atomic mass is 10.3. The van der Waals surface area contributed by atoms with E-state index >= 15 is 0 Å².